The molecule has 0 radical (unpaired) electrons. The Morgan fingerprint density at radius 2 is 1.93 bits per heavy atom. The number of unbranched alkanes of at least 4 members (excludes halogenated alkanes) is 1. The molecule has 9 nitrogen and oxygen atoms in total. The highest BCUT2D eigenvalue weighted by Crippen LogP contribution is 2.22. The van der Waals surface area contributed by atoms with Gasteiger partial charge in [0.05, 0.1) is 6.54 Å². The van der Waals surface area contributed by atoms with E-state index in [1.807, 2.05) is 4.90 Å². The number of rotatable bonds is 7. The summed E-state index contributed by atoms with van der Waals surface area (Å²) in [6.45, 7) is 6.84. The first-order valence-electron chi connectivity index (χ1n) is 10.2. The van der Waals surface area contributed by atoms with Crippen LogP contribution in [0.5, 0.6) is 0 Å². The predicted molar refractivity (Wildman–Crippen MR) is 111 cm³/mol. The zero-order chi connectivity index (χ0) is 20.8. The molecular weight excluding hydrogens is 372 g/mol. The molecule has 1 atom stereocenters. The number of amidine groups is 1. The van der Waals surface area contributed by atoms with Gasteiger partial charge in [0.25, 0.3) is 0 Å². The van der Waals surface area contributed by atoms with Gasteiger partial charge in [0, 0.05) is 50.5 Å². The van der Waals surface area contributed by atoms with Gasteiger partial charge in [0.1, 0.15) is 11.9 Å². The molecule has 3 rings (SSSR count). The molecule has 0 spiro atoms. The number of carbonyl (C=O) groups excluding carboxylic acids is 2. The number of anilines is 1. The SMILES string of the molecule is CCCCNC(=O)N1CCN(CC2CN(c3ccc(C(=N)N)cc3)C(=O)O2)CC1. The van der Waals surface area contributed by atoms with E-state index in [0.29, 0.717) is 31.7 Å². The molecule has 0 aromatic heterocycles. The number of benzene rings is 1. The molecule has 2 heterocycles. The summed E-state index contributed by atoms with van der Waals surface area (Å²) in [5.41, 5.74) is 6.83. The van der Waals surface area contributed by atoms with E-state index in [9.17, 15) is 9.59 Å². The van der Waals surface area contributed by atoms with Gasteiger partial charge in [-0.15, -0.1) is 0 Å². The van der Waals surface area contributed by atoms with Gasteiger partial charge < -0.3 is 20.7 Å². The van der Waals surface area contributed by atoms with Gasteiger partial charge >= 0.3 is 12.1 Å². The third-order valence-corrected chi connectivity index (χ3v) is 5.29. The fourth-order valence-corrected chi connectivity index (χ4v) is 3.55. The van der Waals surface area contributed by atoms with Crippen LogP contribution in [0.2, 0.25) is 0 Å². The van der Waals surface area contributed by atoms with Gasteiger partial charge in [0.2, 0.25) is 0 Å². The summed E-state index contributed by atoms with van der Waals surface area (Å²) in [5, 5.41) is 10.4. The zero-order valence-corrected chi connectivity index (χ0v) is 16.9. The summed E-state index contributed by atoms with van der Waals surface area (Å²) >= 11 is 0. The van der Waals surface area contributed by atoms with E-state index >= 15 is 0 Å². The van der Waals surface area contributed by atoms with Gasteiger partial charge in [-0.3, -0.25) is 15.2 Å². The molecule has 2 fully saturated rings. The van der Waals surface area contributed by atoms with Crippen LogP contribution in [0.15, 0.2) is 24.3 Å². The molecule has 2 saturated heterocycles. The van der Waals surface area contributed by atoms with E-state index in [-0.39, 0.29) is 24.1 Å². The van der Waals surface area contributed by atoms with Crippen LogP contribution in [0.4, 0.5) is 15.3 Å². The van der Waals surface area contributed by atoms with Crippen molar-refractivity contribution in [2.24, 2.45) is 5.73 Å². The van der Waals surface area contributed by atoms with Gasteiger partial charge in [0.15, 0.2) is 0 Å². The molecule has 4 N–H and O–H groups in total. The Balaban J connectivity index is 1.46. The summed E-state index contributed by atoms with van der Waals surface area (Å²) in [5.74, 6) is -0.00314. The Morgan fingerprint density at radius 3 is 2.55 bits per heavy atom. The maximum absolute atomic E-state index is 12.3. The number of hydrogen-bond donors (Lipinski definition) is 3. The Morgan fingerprint density at radius 1 is 1.24 bits per heavy atom. The number of ether oxygens (including phenoxy) is 1. The number of nitrogens with zero attached hydrogens (tertiary/aromatic N) is 3. The smallest absolute Gasteiger partial charge is 0.414 e. The molecule has 1 aromatic carbocycles. The number of nitrogens with two attached hydrogens (primary N) is 1. The van der Waals surface area contributed by atoms with Crippen molar-refractivity contribution in [1.82, 2.24) is 15.1 Å². The lowest BCUT2D eigenvalue weighted by molar-refractivity contribution is 0.0844. The molecule has 0 aliphatic carbocycles. The Hall–Kier alpha value is -2.81. The maximum atomic E-state index is 12.3. The molecule has 1 aromatic rings. The molecule has 29 heavy (non-hydrogen) atoms. The van der Waals surface area contributed by atoms with Crippen LogP contribution >= 0.6 is 0 Å². The first kappa shape index (κ1) is 20.9. The Kier molecular flexibility index (Phi) is 6.92. The summed E-state index contributed by atoms with van der Waals surface area (Å²) < 4.78 is 5.53. The highest BCUT2D eigenvalue weighted by molar-refractivity contribution is 5.96. The average molecular weight is 402 g/mol. The minimum atomic E-state index is -0.362. The second kappa shape index (κ2) is 9.60. The normalized spacial score (nSPS) is 19.9. The van der Waals surface area contributed by atoms with E-state index in [1.165, 1.54) is 0 Å². The first-order valence-corrected chi connectivity index (χ1v) is 10.2. The van der Waals surface area contributed by atoms with Crippen LogP contribution in [0.1, 0.15) is 25.3 Å². The maximum Gasteiger partial charge on any atom is 0.414 e. The Labute approximate surface area is 171 Å². The van der Waals surface area contributed by atoms with E-state index in [4.69, 9.17) is 15.9 Å². The zero-order valence-electron chi connectivity index (χ0n) is 16.9. The van der Waals surface area contributed by atoms with Gasteiger partial charge in [-0.05, 0) is 30.7 Å². The lowest BCUT2D eigenvalue weighted by atomic mass is 10.2. The van der Waals surface area contributed by atoms with Crippen molar-refractivity contribution in [3.63, 3.8) is 0 Å². The molecule has 2 aliphatic rings. The molecule has 158 valence electrons. The molecule has 1 unspecified atom stereocenters. The molecule has 2 aliphatic heterocycles. The summed E-state index contributed by atoms with van der Waals surface area (Å²) in [7, 11) is 0. The van der Waals surface area contributed by atoms with Crippen molar-refractivity contribution in [3.05, 3.63) is 29.8 Å². The van der Waals surface area contributed by atoms with E-state index < -0.39 is 0 Å². The minimum absolute atomic E-state index is 0.00314. The van der Waals surface area contributed by atoms with Crippen LogP contribution in [0, 0.1) is 5.41 Å². The summed E-state index contributed by atoms with van der Waals surface area (Å²) in [4.78, 5) is 30.1. The standard InChI is InChI=1S/C20H30N6O3/c1-2-3-8-23-19(27)25-11-9-24(10-12-25)13-17-14-26(20(28)29-17)16-6-4-15(5-7-16)18(21)22/h4-7,17H,2-3,8-14H2,1H3,(H3,21,22)(H,23,27). The summed E-state index contributed by atoms with van der Waals surface area (Å²) in [6.07, 6.45) is 1.48. The second-order valence-corrected chi connectivity index (χ2v) is 7.45. The molecule has 3 amide bonds. The average Bonchev–Trinajstić information content (AvgIpc) is 3.08. The van der Waals surface area contributed by atoms with Crippen LogP contribution in [-0.4, -0.2) is 79.7 Å². The predicted octanol–water partition coefficient (Wildman–Crippen LogP) is 1.42. The quantitative estimate of drug-likeness (QED) is 0.362. The van der Waals surface area contributed by atoms with Crippen molar-refractivity contribution >= 4 is 23.6 Å². The topological polar surface area (TPSA) is 115 Å². The number of hydrogen-bond acceptors (Lipinski definition) is 5. The number of piperazine rings is 1. The highest BCUT2D eigenvalue weighted by Gasteiger charge is 2.34. The lowest BCUT2D eigenvalue weighted by Gasteiger charge is -2.35. The third-order valence-electron chi connectivity index (χ3n) is 5.29. The number of cyclic esters (lactones) is 1. The lowest BCUT2D eigenvalue weighted by Crippen LogP contribution is -2.53. The fraction of sp³-hybridized carbons (Fsp3) is 0.550. The van der Waals surface area contributed by atoms with Crippen LogP contribution in [0.3, 0.4) is 0 Å². The number of carbonyl (C=O) groups is 2. The summed E-state index contributed by atoms with van der Waals surface area (Å²) in [6, 6.07) is 7.00. The monoisotopic (exact) mass is 402 g/mol. The third kappa shape index (κ3) is 5.38. The van der Waals surface area contributed by atoms with Crippen molar-refractivity contribution in [3.8, 4) is 0 Å². The minimum Gasteiger partial charge on any atom is -0.443 e. The van der Waals surface area contributed by atoms with Gasteiger partial charge in [-0.1, -0.05) is 13.3 Å². The largest absolute Gasteiger partial charge is 0.443 e. The van der Waals surface area contributed by atoms with Crippen LogP contribution in [0.25, 0.3) is 0 Å². The van der Waals surface area contributed by atoms with Crippen LogP contribution in [-0.2, 0) is 4.74 Å². The van der Waals surface area contributed by atoms with Gasteiger partial charge in [-0.2, -0.15) is 0 Å². The van der Waals surface area contributed by atoms with Crippen LogP contribution < -0.4 is 16.0 Å². The first-order chi connectivity index (χ1) is 14.0. The molecular formula is C20H30N6O3. The number of urea groups is 1. The molecule has 0 bridgehead atoms. The number of nitrogens with one attached hydrogen (secondary N) is 2. The van der Waals surface area contributed by atoms with Gasteiger partial charge in [-0.25, -0.2) is 9.59 Å². The Bertz CT molecular complexity index is 730. The fourth-order valence-electron chi connectivity index (χ4n) is 3.55. The molecule has 9 heteroatoms. The van der Waals surface area contributed by atoms with E-state index in [1.54, 1.807) is 29.2 Å². The van der Waals surface area contributed by atoms with Crippen molar-refractivity contribution in [1.29, 1.82) is 5.41 Å². The number of nitrogen functional groups attached to an aromatic ring is 1. The van der Waals surface area contributed by atoms with Crippen molar-refractivity contribution in [2.45, 2.75) is 25.9 Å². The highest BCUT2D eigenvalue weighted by atomic mass is 16.6. The van der Waals surface area contributed by atoms with E-state index in [0.717, 1.165) is 38.2 Å². The van der Waals surface area contributed by atoms with Crippen molar-refractivity contribution < 1.29 is 14.3 Å². The van der Waals surface area contributed by atoms with Crippen molar-refractivity contribution in [2.75, 3.05) is 50.7 Å². The number of amides is 3. The van der Waals surface area contributed by atoms with E-state index in [2.05, 4.69) is 17.1 Å². The second-order valence-electron chi connectivity index (χ2n) is 7.45. The molecule has 0 saturated carbocycles.